The van der Waals surface area contributed by atoms with Crippen LogP contribution in [0.15, 0.2) is 28.5 Å². The maximum atomic E-state index is 10.5. The van der Waals surface area contributed by atoms with E-state index >= 15 is 0 Å². The Kier molecular flexibility index (Phi) is 4.52. The fourth-order valence-electron chi connectivity index (χ4n) is 1.12. The number of carbonyl (C=O) groups is 1. The van der Waals surface area contributed by atoms with Gasteiger partial charge in [-0.25, -0.2) is 4.79 Å². The normalized spacial score (nSPS) is 13.9. The molecule has 0 aromatic carbocycles. The van der Waals surface area contributed by atoms with Crippen LogP contribution in [0.4, 0.5) is 0 Å². The van der Waals surface area contributed by atoms with Crippen LogP contribution in [0.25, 0.3) is 0 Å². The van der Waals surface area contributed by atoms with Gasteiger partial charge >= 0.3 is 5.97 Å². The van der Waals surface area contributed by atoms with Crippen LogP contribution >= 0.6 is 11.3 Å². The summed E-state index contributed by atoms with van der Waals surface area (Å²) in [5.74, 6) is -0.861. The van der Waals surface area contributed by atoms with Gasteiger partial charge in [-0.15, -0.1) is 0 Å². The zero-order valence-electron chi connectivity index (χ0n) is 8.86. The van der Waals surface area contributed by atoms with Gasteiger partial charge in [0.25, 0.3) is 0 Å². The Bertz CT molecular complexity index is 343. The van der Waals surface area contributed by atoms with E-state index in [1.807, 2.05) is 5.38 Å². The smallest absolute Gasteiger partial charge is 0.330 e. The molecule has 0 radical (unpaired) electrons. The molecular formula is C11H15NO2S. The second kappa shape index (κ2) is 5.68. The molecule has 0 aliphatic rings. The molecule has 15 heavy (non-hydrogen) atoms. The van der Waals surface area contributed by atoms with Gasteiger partial charge in [0.1, 0.15) is 0 Å². The predicted octanol–water partition coefficient (Wildman–Crippen LogP) is 2.43. The zero-order chi connectivity index (χ0) is 11.3. The molecule has 82 valence electrons. The number of thiophene rings is 1. The van der Waals surface area contributed by atoms with Crippen molar-refractivity contribution >= 4 is 17.3 Å². The molecular weight excluding hydrogens is 210 g/mol. The van der Waals surface area contributed by atoms with Crippen LogP contribution in [-0.2, 0) is 4.79 Å². The van der Waals surface area contributed by atoms with E-state index in [9.17, 15) is 4.79 Å². The van der Waals surface area contributed by atoms with Gasteiger partial charge in [-0.1, -0.05) is 6.08 Å². The van der Waals surface area contributed by atoms with Crippen LogP contribution in [0.1, 0.15) is 25.5 Å². The van der Waals surface area contributed by atoms with E-state index in [1.165, 1.54) is 5.56 Å². The van der Waals surface area contributed by atoms with Gasteiger partial charge in [-0.2, -0.15) is 11.3 Å². The summed E-state index contributed by atoms with van der Waals surface area (Å²) in [5, 5.41) is 16.0. The van der Waals surface area contributed by atoms with Gasteiger partial charge in [0.2, 0.25) is 0 Å². The molecule has 0 saturated heterocycles. The largest absolute Gasteiger partial charge is 0.478 e. The minimum Gasteiger partial charge on any atom is -0.478 e. The van der Waals surface area contributed by atoms with Crippen LogP contribution in [0, 0.1) is 0 Å². The van der Waals surface area contributed by atoms with Crippen LogP contribution in [0.3, 0.4) is 0 Å². The average Bonchev–Trinajstić information content (AvgIpc) is 2.70. The Morgan fingerprint density at radius 3 is 3.00 bits per heavy atom. The van der Waals surface area contributed by atoms with Crippen molar-refractivity contribution in [3.8, 4) is 0 Å². The highest BCUT2D eigenvalue weighted by molar-refractivity contribution is 7.07. The van der Waals surface area contributed by atoms with Gasteiger partial charge < -0.3 is 10.4 Å². The van der Waals surface area contributed by atoms with Crippen LogP contribution in [0.5, 0.6) is 0 Å². The van der Waals surface area contributed by atoms with Crippen molar-refractivity contribution in [3.63, 3.8) is 0 Å². The first-order valence-corrected chi connectivity index (χ1v) is 5.71. The molecule has 0 fully saturated rings. The molecule has 1 unspecified atom stereocenters. The van der Waals surface area contributed by atoms with Gasteiger partial charge in [0, 0.05) is 18.2 Å². The van der Waals surface area contributed by atoms with Crippen molar-refractivity contribution in [2.24, 2.45) is 0 Å². The van der Waals surface area contributed by atoms with Crippen LogP contribution < -0.4 is 5.32 Å². The maximum Gasteiger partial charge on any atom is 0.330 e. The SMILES string of the molecule is C/C(=C/CNC(C)c1ccsc1)C(=O)O. The Balaban J connectivity index is 2.38. The fourth-order valence-corrected chi connectivity index (χ4v) is 1.87. The number of rotatable bonds is 5. The molecule has 0 spiro atoms. The Hall–Kier alpha value is -1.13. The number of nitrogens with one attached hydrogen (secondary N) is 1. The van der Waals surface area contributed by atoms with Crippen molar-refractivity contribution in [3.05, 3.63) is 34.0 Å². The minimum atomic E-state index is -0.861. The van der Waals surface area contributed by atoms with E-state index < -0.39 is 5.97 Å². The van der Waals surface area contributed by atoms with Crippen molar-refractivity contribution in [2.75, 3.05) is 6.54 Å². The Labute approximate surface area is 93.4 Å². The molecule has 0 bridgehead atoms. The van der Waals surface area contributed by atoms with Gasteiger partial charge in [-0.05, 0) is 36.2 Å². The van der Waals surface area contributed by atoms with Crippen molar-refractivity contribution < 1.29 is 9.90 Å². The number of carboxylic acids is 1. The lowest BCUT2D eigenvalue weighted by atomic mass is 10.2. The second-order valence-corrected chi connectivity index (χ2v) is 4.16. The van der Waals surface area contributed by atoms with Crippen molar-refractivity contribution in [2.45, 2.75) is 19.9 Å². The van der Waals surface area contributed by atoms with E-state index in [4.69, 9.17) is 5.11 Å². The highest BCUT2D eigenvalue weighted by Gasteiger charge is 2.04. The quantitative estimate of drug-likeness (QED) is 0.757. The zero-order valence-corrected chi connectivity index (χ0v) is 9.67. The molecule has 4 heteroatoms. The van der Waals surface area contributed by atoms with Crippen LogP contribution in [0.2, 0.25) is 0 Å². The van der Waals surface area contributed by atoms with E-state index in [0.717, 1.165) is 0 Å². The lowest BCUT2D eigenvalue weighted by Crippen LogP contribution is -2.18. The lowest BCUT2D eigenvalue weighted by molar-refractivity contribution is -0.132. The summed E-state index contributed by atoms with van der Waals surface area (Å²) in [4.78, 5) is 10.5. The molecule has 0 saturated carbocycles. The second-order valence-electron chi connectivity index (χ2n) is 3.38. The molecule has 0 amide bonds. The highest BCUT2D eigenvalue weighted by Crippen LogP contribution is 2.15. The summed E-state index contributed by atoms with van der Waals surface area (Å²) in [7, 11) is 0. The number of carboxylic acid groups (broad SMARTS) is 1. The van der Waals surface area contributed by atoms with Crippen molar-refractivity contribution in [1.82, 2.24) is 5.32 Å². The van der Waals surface area contributed by atoms with Crippen LogP contribution in [-0.4, -0.2) is 17.6 Å². The number of aliphatic carboxylic acids is 1. The van der Waals surface area contributed by atoms with E-state index in [-0.39, 0.29) is 6.04 Å². The summed E-state index contributed by atoms with van der Waals surface area (Å²) >= 11 is 1.66. The molecule has 0 aliphatic heterocycles. The van der Waals surface area contributed by atoms with E-state index in [2.05, 4.69) is 23.7 Å². The minimum absolute atomic E-state index is 0.258. The van der Waals surface area contributed by atoms with E-state index in [1.54, 1.807) is 24.3 Å². The summed E-state index contributed by atoms with van der Waals surface area (Å²) in [5.41, 5.74) is 1.61. The molecule has 1 aromatic rings. The van der Waals surface area contributed by atoms with E-state index in [0.29, 0.717) is 12.1 Å². The third kappa shape index (κ3) is 3.85. The third-order valence-electron chi connectivity index (χ3n) is 2.21. The Morgan fingerprint density at radius 1 is 1.73 bits per heavy atom. The molecule has 1 aromatic heterocycles. The highest BCUT2D eigenvalue weighted by atomic mass is 32.1. The summed E-state index contributed by atoms with van der Waals surface area (Å²) in [6.07, 6.45) is 1.69. The molecule has 3 nitrogen and oxygen atoms in total. The number of hydrogen-bond donors (Lipinski definition) is 2. The molecule has 1 atom stereocenters. The molecule has 2 N–H and O–H groups in total. The maximum absolute atomic E-state index is 10.5. The molecule has 1 heterocycles. The molecule has 1 rings (SSSR count). The average molecular weight is 225 g/mol. The van der Waals surface area contributed by atoms with Gasteiger partial charge in [-0.3, -0.25) is 0 Å². The monoisotopic (exact) mass is 225 g/mol. The van der Waals surface area contributed by atoms with Gasteiger partial charge in [0.15, 0.2) is 0 Å². The fraction of sp³-hybridized carbons (Fsp3) is 0.364. The lowest BCUT2D eigenvalue weighted by Gasteiger charge is -2.10. The van der Waals surface area contributed by atoms with Gasteiger partial charge in [0.05, 0.1) is 0 Å². The summed E-state index contributed by atoms with van der Waals surface area (Å²) in [6, 6.07) is 2.32. The first kappa shape index (κ1) is 11.9. The topological polar surface area (TPSA) is 49.3 Å². The first-order chi connectivity index (χ1) is 7.11. The van der Waals surface area contributed by atoms with Crippen molar-refractivity contribution in [1.29, 1.82) is 0 Å². The first-order valence-electron chi connectivity index (χ1n) is 4.76. The molecule has 0 aliphatic carbocycles. The standard InChI is InChI=1S/C11H15NO2S/c1-8(11(13)14)3-5-12-9(2)10-4-6-15-7-10/h3-4,6-7,9,12H,5H2,1-2H3,(H,13,14)/b8-3-. The number of hydrogen-bond acceptors (Lipinski definition) is 3. The predicted molar refractivity (Wildman–Crippen MR) is 62.1 cm³/mol. The summed E-state index contributed by atoms with van der Waals surface area (Å²) in [6.45, 7) is 4.24. The third-order valence-corrected chi connectivity index (χ3v) is 2.91. The Morgan fingerprint density at radius 2 is 2.47 bits per heavy atom. The summed E-state index contributed by atoms with van der Waals surface area (Å²) < 4.78 is 0.